The number of allylic oxidation sites excluding steroid dienone is 1. The molecule has 7 heteroatoms. The summed E-state index contributed by atoms with van der Waals surface area (Å²) in [7, 11) is 4.51. The second-order valence-electron chi connectivity index (χ2n) is 5.35. The van der Waals surface area contributed by atoms with E-state index in [1.54, 1.807) is 31.4 Å². The minimum Gasteiger partial charge on any atom is -0.497 e. The topological polar surface area (TPSA) is 91.3 Å². The monoisotopic (exact) mass is 372 g/mol. The fraction of sp³-hybridized carbons (Fsp3) is 0.200. The number of methoxy groups -OCH3 is 3. The first kappa shape index (κ1) is 19.8. The highest BCUT2D eigenvalue weighted by Gasteiger charge is 2.11. The summed E-state index contributed by atoms with van der Waals surface area (Å²) in [5.74, 6) is 0.393. The molecule has 2 aromatic rings. The van der Waals surface area contributed by atoms with Crippen LogP contribution < -0.4 is 18.9 Å². The van der Waals surface area contributed by atoms with E-state index in [1.807, 2.05) is 0 Å². The number of hydrogen-bond donors (Lipinski definition) is 1. The zero-order valence-electron chi connectivity index (χ0n) is 15.2. The fourth-order valence-electron chi connectivity index (χ4n) is 2.30. The van der Waals surface area contributed by atoms with Crippen molar-refractivity contribution in [3.05, 3.63) is 53.6 Å². The van der Waals surface area contributed by atoms with Crippen molar-refractivity contribution in [2.45, 2.75) is 0 Å². The van der Waals surface area contributed by atoms with Gasteiger partial charge in [-0.05, 0) is 42.5 Å². The van der Waals surface area contributed by atoms with Crippen molar-refractivity contribution in [2.75, 3.05) is 27.9 Å². The molecular weight excluding hydrogens is 352 g/mol. The Morgan fingerprint density at radius 2 is 1.67 bits per heavy atom. The molecule has 27 heavy (non-hydrogen) atoms. The van der Waals surface area contributed by atoms with Crippen LogP contribution in [-0.4, -0.2) is 44.8 Å². The Morgan fingerprint density at radius 3 is 2.30 bits per heavy atom. The summed E-state index contributed by atoms with van der Waals surface area (Å²) >= 11 is 0. The number of rotatable bonds is 9. The van der Waals surface area contributed by atoms with Crippen molar-refractivity contribution < 1.29 is 33.6 Å². The Labute approximate surface area is 156 Å². The first-order chi connectivity index (χ1) is 13.0. The van der Waals surface area contributed by atoms with Gasteiger partial charge in [-0.1, -0.05) is 0 Å². The summed E-state index contributed by atoms with van der Waals surface area (Å²) in [5, 5.41) is 8.69. The van der Waals surface area contributed by atoms with E-state index in [1.165, 1.54) is 38.5 Å². The van der Waals surface area contributed by atoms with Gasteiger partial charge in [0.25, 0.3) is 0 Å². The van der Waals surface area contributed by atoms with Crippen LogP contribution in [0.1, 0.15) is 15.9 Å². The Morgan fingerprint density at radius 1 is 0.926 bits per heavy atom. The van der Waals surface area contributed by atoms with Crippen LogP contribution in [0.4, 0.5) is 0 Å². The quantitative estimate of drug-likeness (QED) is 0.534. The molecule has 0 amide bonds. The van der Waals surface area contributed by atoms with Gasteiger partial charge in [0.15, 0.2) is 23.9 Å². The van der Waals surface area contributed by atoms with Gasteiger partial charge in [0.2, 0.25) is 0 Å². The highest BCUT2D eigenvalue weighted by Crippen LogP contribution is 2.29. The second-order valence-corrected chi connectivity index (χ2v) is 5.35. The maximum atomic E-state index is 12.4. The zero-order chi connectivity index (χ0) is 19.8. The lowest BCUT2D eigenvalue weighted by Gasteiger charge is -2.10. The highest BCUT2D eigenvalue weighted by atomic mass is 16.5. The molecule has 1 N–H and O–H groups in total. The van der Waals surface area contributed by atoms with Gasteiger partial charge in [-0.15, -0.1) is 0 Å². The molecule has 7 nitrogen and oxygen atoms in total. The Kier molecular flexibility index (Phi) is 6.82. The third-order valence-electron chi connectivity index (χ3n) is 3.65. The van der Waals surface area contributed by atoms with Gasteiger partial charge >= 0.3 is 5.97 Å². The number of ether oxygens (including phenoxy) is 4. The molecule has 142 valence electrons. The predicted molar refractivity (Wildman–Crippen MR) is 99.0 cm³/mol. The van der Waals surface area contributed by atoms with Crippen molar-refractivity contribution in [1.82, 2.24) is 0 Å². The normalized spacial score (nSPS) is 10.5. The van der Waals surface area contributed by atoms with E-state index in [0.717, 1.165) is 5.56 Å². The summed E-state index contributed by atoms with van der Waals surface area (Å²) in [6.45, 7) is -0.499. The molecule has 0 aliphatic carbocycles. The average molecular weight is 372 g/mol. The van der Waals surface area contributed by atoms with Crippen molar-refractivity contribution >= 4 is 17.8 Å². The molecular formula is C20H20O7. The predicted octanol–water partition coefficient (Wildman–Crippen LogP) is 3.07. The van der Waals surface area contributed by atoms with Gasteiger partial charge in [-0.25, -0.2) is 4.79 Å². The SMILES string of the molecule is COc1ccc(C=CC(=O)c2ccc(OCC(=O)O)c(OC)c2)c(OC)c1. The van der Waals surface area contributed by atoms with Crippen LogP contribution in [0.15, 0.2) is 42.5 Å². The number of carboxylic acid groups (broad SMARTS) is 1. The molecule has 0 saturated carbocycles. The van der Waals surface area contributed by atoms with Crippen LogP contribution in [0.2, 0.25) is 0 Å². The summed E-state index contributed by atoms with van der Waals surface area (Å²) in [5.41, 5.74) is 1.10. The van der Waals surface area contributed by atoms with Crippen LogP contribution in [-0.2, 0) is 4.79 Å². The lowest BCUT2D eigenvalue weighted by atomic mass is 10.1. The molecule has 0 radical (unpaired) electrons. The largest absolute Gasteiger partial charge is 0.497 e. The Hall–Kier alpha value is -3.48. The Bertz CT molecular complexity index is 855. The smallest absolute Gasteiger partial charge is 0.341 e. The highest BCUT2D eigenvalue weighted by molar-refractivity contribution is 6.07. The maximum absolute atomic E-state index is 12.4. The lowest BCUT2D eigenvalue weighted by molar-refractivity contribution is -0.139. The number of hydrogen-bond acceptors (Lipinski definition) is 6. The van der Waals surface area contributed by atoms with E-state index in [0.29, 0.717) is 17.1 Å². The molecule has 0 fully saturated rings. The van der Waals surface area contributed by atoms with E-state index in [-0.39, 0.29) is 17.3 Å². The van der Waals surface area contributed by atoms with E-state index in [2.05, 4.69) is 0 Å². The fourth-order valence-corrected chi connectivity index (χ4v) is 2.30. The first-order valence-corrected chi connectivity index (χ1v) is 7.95. The molecule has 0 spiro atoms. The van der Waals surface area contributed by atoms with Crippen LogP contribution in [0.3, 0.4) is 0 Å². The maximum Gasteiger partial charge on any atom is 0.341 e. The molecule has 2 rings (SSSR count). The number of carboxylic acids is 1. The van der Waals surface area contributed by atoms with Crippen LogP contribution >= 0.6 is 0 Å². The molecule has 0 unspecified atom stereocenters. The third kappa shape index (κ3) is 5.24. The van der Waals surface area contributed by atoms with Crippen LogP contribution in [0.5, 0.6) is 23.0 Å². The van der Waals surface area contributed by atoms with Gasteiger partial charge in [0.1, 0.15) is 11.5 Å². The van der Waals surface area contributed by atoms with Gasteiger partial charge < -0.3 is 24.1 Å². The lowest BCUT2D eigenvalue weighted by Crippen LogP contribution is -2.10. The summed E-state index contributed by atoms with van der Waals surface area (Å²) in [6, 6.07) is 9.81. The van der Waals surface area contributed by atoms with E-state index < -0.39 is 12.6 Å². The molecule has 0 aromatic heterocycles. The minimum atomic E-state index is -1.10. The number of carbonyl (C=O) groups is 2. The second kappa shape index (κ2) is 9.28. The van der Waals surface area contributed by atoms with Crippen molar-refractivity contribution in [3.63, 3.8) is 0 Å². The molecule has 0 aliphatic heterocycles. The summed E-state index contributed by atoms with van der Waals surface area (Å²) in [6.07, 6.45) is 3.05. The summed E-state index contributed by atoms with van der Waals surface area (Å²) in [4.78, 5) is 23.1. The van der Waals surface area contributed by atoms with Crippen LogP contribution in [0, 0.1) is 0 Å². The number of aliphatic carboxylic acids is 1. The van der Waals surface area contributed by atoms with Crippen LogP contribution in [0.25, 0.3) is 6.08 Å². The molecule has 0 heterocycles. The minimum absolute atomic E-state index is 0.247. The number of ketones is 1. The molecule has 2 aromatic carbocycles. The summed E-state index contributed by atoms with van der Waals surface area (Å²) < 4.78 is 20.7. The van der Waals surface area contributed by atoms with Crippen molar-refractivity contribution in [2.24, 2.45) is 0 Å². The van der Waals surface area contributed by atoms with Gasteiger partial charge in [-0.2, -0.15) is 0 Å². The van der Waals surface area contributed by atoms with Gasteiger partial charge in [0, 0.05) is 17.2 Å². The molecule has 0 aliphatic rings. The number of benzene rings is 2. The third-order valence-corrected chi connectivity index (χ3v) is 3.65. The van der Waals surface area contributed by atoms with E-state index in [4.69, 9.17) is 24.1 Å². The number of carbonyl (C=O) groups excluding carboxylic acids is 1. The molecule has 0 atom stereocenters. The van der Waals surface area contributed by atoms with Gasteiger partial charge in [-0.3, -0.25) is 4.79 Å². The molecule has 0 bridgehead atoms. The van der Waals surface area contributed by atoms with Crippen molar-refractivity contribution in [1.29, 1.82) is 0 Å². The zero-order valence-corrected chi connectivity index (χ0v) is 15.2. The first-order valence-electron chi connectivity index (χ1n) is 7.95. The van der Waals surface area contributed by atoms with E-state index in [9.17, 15) is 9.59 Å². The van der Waals surface area contributed by atoms with Crippen molar-refractivity contribution in [3.8, 4) is 23.0 Å². The average Bonchev–Trinajstić information content (AvgIpc) is 2.69. The standard InChI is InChI=1S/C20H20O7/c1-24-15-7-4-13(18(11-15)25-2)5-8-16(21)14-6-9-17(19(10-14)26-3)27-12-20(22)23/h4-11H,12H2,1-3H3,(H,22,23). The molecule has 0 saturated heterocycles. The van der Waals surface area contributed by atoms with Gasteiger partial charge in [0.05, 0.1) is 21.3 Å². The van der Waals surface area contributed by atoms with E-state index >= 15 is 0 Å². The Balaban J connectivity index is 2.20.